The number of thioether (sulfide) groups is 1. The van der Waals surface area contributed by atoms with Crippen molar-refractivity contribution in [3.05, 3.63) is 94.5 Å². The average molecular weight is 428 g/mol. The molecule has 0 radical (unpaired) electrons. The fraction of sp³-hybridized carbons (Fsp3) is 0.0952. The van der Waals surface area contributed by atoms with Gasteiger partial charge in [-0.05, 0) is 45.3 Å². The van der Waals surface area contributed by atoms with Crippen LogP contribution in [-0.2, 0) is 17.1 Å². The van der Waals surface area contributed by atoms with Crippen molar-refractivity contribution in [1.29, 1.82) is 0 Å². The normalized spacial score (nSPS) is 10.3. The summed E-state index contributed by atoms with van der Waals surface area (Å²) in [7, 11) is 0. The van der Waals surface area contributed by atoms with Crippen LogP contribution in [-0.4, -0.2) is 6.09 Å². The van der Waals surface area contributed by atoms with Crippen LogP contribution in [0, 0.1) is 0 Å². The minimum absolute atomic E-state index is 0.249. The number of halogens is 1. The van der Waals surface area contributed by atoms with E-state index in [1.54, 1.807) is 11.8 Å². The molecule has 0 fully saturated rings. The Morgan fingerprint density at radius 3 is 2.23 bits per heavy atom. The molecule has 0 spiro atoms. The molecule has 0 saturated carbocycles. The number of nitrogens with one attached hydrogen (secondary N) is 1. The maximum absolute atomic E-state index is 11.9. The van der Waals surface area contributed by atoms with E-state index in [0.29, 0.717) is 5.69 Å². The second-order valence-corrected chi connectivity index (χ2v) is 7.48. The zero-order valence-electron chi connectivity index (χ0n) is 14.0. The molecule has 0 unspecified atom stereocenters. The van der Waals surface area contributed by atoms with E-state index in [1.165, 1.54) is 5.56 Å². The van der Waals surface area contributed by atoms with Crippen LogP contribution in [0.3, 0.4) is 0 Å². The largest absolute Gasteiger partial charge is 0.444 e. The van der Waals surface area contributed by atoms with E-state index in [4.69, 9.17) is 4.74 Å². The molecule has 132 valence electrons. The molecule has 3 nitrogen and oxygen atoms in total. The first-order valence-electron chi connectivity index (χ1n) is 8.15. The molecule has 3 aromatic carbocycles. The summed E-state index contributed by atoms with van der Waals surface area (Å²) < 4.78 is 6.18. The maximum Gasteiger partial charge on any atom is 0.411 e. The lowest BCUT2D eigenvalue weighted by Crippen LogP contribution is -2.13. The Kier molecular flexibility index (Phi) is 6.75. The Morgan fingerprint density at radius 2 is 1.58 bits per heavy atom. The van der Waals surface area contributed by atoms with Crippen LogP contribution >= 0.6 is 27.7 Å². The van der Waals surface area contributed by atoms with Gasteiger partial charge in [0.05, 0.1) is 0 Å². The Labute approximate surface area is 165 Å². The standard InChI is InChI=1S/C21H18BrNO2S/c22-19-13-18(23-21(24)25-14-16-7-3-1-4-8-16)11-12-20(19)26-15-17-9-5-2-6-10-17/h1-13H,14-15H2,(H,23,24). The number of hydrogen-bond donors (Lipinski definition) is 1. The fourth-order valence-corrected chi connectivity index (χ4v) is 3.91. The van der Waals surface area contributed by atoms with Gasteiger partial charge in [-0.3, -0.25) is 5.32 Å². The van der Waals surface area contributed by atoms with Crippen LogP contribution in [0.4, 0.5) is 10.5 Å². The van der Waals surface area contributed by atoms with E-state index in [1.807, 2.05) is 66.7 Å². The molecule has 5 heteroatoms. The summed E-state index contributed by atoms with van der Waals surface area (Å²) in [6.45, 7) is 0.249. The Balaban J connectivity index is 1.52. The van der Waals surface area contributed by atoms with Crippen molar-refractivity contribution in [1.82, 2.24) is 0 Å². The van der Waals surface area contributed by atoms with Crippen molar-refractivity contribution in [3.8, 4) is 0 Å². The molecule has 0 atom stereocenters. The first-order valence-corrected chi connectivity index (χ1v) is 9.92. The van der Waals surface area contributed by atoms with Crippen molar-refractivity contribution < 1.29 is 9.53 Å². The summed E-state index contributed by atoms with van der Waals surface area (Å²) in [5.41, 5.74) is 2.92. The predicted molar refractivity (Wildman–Crippen MR) is 110 cm³/mol. The van der Waals surface area contributed by atoms with Crippen LogP contribution in [0.1, 0.15) is 11.1 Å². The molecule has 0 aliphatic carbocycles. The quantitative estimate of drug-likeness (QED) is 0.456. The summed E-state index contributed by atoms with van der Waals surface area (Å²) in [4.78, 5) is 13.1. The second-order valence-electron chi connectivity index (χ2n) is 5.61. The van der Waals surface area contributed by atoms with Gasteiger partial charge in [-0.25, -0.2) is 4.79 Å². The van der Waals surface area contributed by atoms with E-state index in [2.05, 4.69) is 33.4 Å². The zero-order valence-corrected chi connectivity index (χ0v) is 16.4. The van der Waals surface area contributed by atoms with Gasteiger partial charge in [0.2, 0.25) is 0 Å². The lowest BCUT2D eigenvalue weighted by Gasteiger charge is -2.10. The van der Waals surface area contributed by atoms with E-state index in [-0.39, 0.29) is 6.61 Å². The highest BCUT2D eigenvalue weighted by atomic mass is 79.9. The molecule has 1 amide bonds. The zero-order chi connectivity index (χ0) is 18.2. The molecule has 0 aliphatic rings. The van der Waals surface area contributed by atoms with Crippen LogP contribution in [0.5, 0.6) is 0 Å². The van der Waals surface area contributed by atoms with Crippen LogP contribution in [0.2, 0.25) is 0 Å². The molecule has 0 aliphatic heterocycles. The van der Waals surface area contributed by atoms with E-state index >= 15 is 0 Å². The van der Waals surface area contributed by atoms with Crippen molar-refractivity contribution in [2.75, 3.05) is 5.32 Å². The van der Waals surface area contributed by atoms with Gasteiger partial charge in [0.25, 0.3) is 0 Å². The molecule has 3 rings (SSSR count). The SMILES string of the molecule is O=C(Nc1ccc(SCc2ccccc2)c(Br)c1)OCc1ccccc1. The summed E-state index contributed by atoms with van der Waals surface area (Å²) in [5, 5.41) is 2.75. The predicted octanol–water partition coefficient (Wildman–Crippen LogP) is 6.49. The monoisotopic (exact) mass is 427 g/mol. The maximum atomic E-state index is 11.9. The highest BCUT2D eigenvalue weighted by Gasteiger charge is 2.07. The van der Waals surface area contributed by atoms with E-state index in [9.17, 15) is 4.79 Å². The molecule has 0 bridgehead atoms. The third-order valence-corrected chi connectivity index (χ3v) is 5.69. The first kappa shape index (κ1) is 18.5. The Morgan fingerprint density at radius 1 is 0.923 bits per heavy atom. The number of carbonyl (C=O) groups excluding carboxylic acids is 1. The number of carbonyl (C=O) groups is 1. The highest BCUT2D eigenvalue weighted by molar-refractivity contribution is 9.10. The van der Waals surface area contributed by atoms with Gasteiger partial charge in [0, 0.05) is 20.8 Å². The third kappa shape index (κ3) is 5.64. The van der Waals surface area contributed by atoms with Crippen molar-refractivity contribution in [2.24, 2.45) is 0 Å². The molecule has 0 aromatic heterocycles. The van der Waals surface area contributed by atoms with Gasteiger partial charge in [-0.15, -0.1) is 11.8 Å². The van der Waals surface area contributed by atoms with Gasteiger partial charge < -0.3 is 4.74 Å². The molecule has 3 aromatic rings. The minimum atomic E-state index is -0.467. The average Bonchev–Trinajstić information content (AvgIpc) is 2.67. The molecule has 26 heavy (non-hydrogen) atoms. The number of amides is 1. The summed E-state index contributed by atoms with van der Waals surface area (Å²) >= 11 is 5.32. The van der Waals surface area contributed by atoms with Crippen molar-refractivity contribution in [2.45, 2.75) is 17.3 Å². The summed E-state index contributed by atoms with van der Waals surface area (Å²) in [6.07, 6.45) is -0.467. The van der Waals surface area contributed by atoms with E-state index < -0.39 is 6.09 Å². The van der Waals surface area contributed by atoms with Gasteiger partial charge in [0.1, 0.15) is 6.61 Å². The summed E-state index contributed by atoms with van der Waals surface area (Å²) in [5.74, 6) is 0.894. The molecular weight excluding hydrogens is 410 g/mol. The lowest BCUT2D eigenvalue weighted by molar-refractivity contribution is 0.155. The number of anilines is 1. The van der Waals surface area contributed by atoms with Crippen molar-refractivity contribution >= 4 is 39.5 Å². The number of rotatable bonds is 6. The topological polar surface area (TPSA) is 38.3 Å². The minimum Gasteiger partial charge on any atom is -0.444 e. The van der Waals surface area contributed by atoms with Gasteiger partial charge >= 0.3 is 6.09 Å². The van der Waals surface area contributed by atoms with Crippen molar-refractivity contribution in [3.63, 3.8) is 0 Å². The molecule has 0 heterocycles. The van der Waals surface area contributed by atoms with Crippen LogP contribution < -0.4 is 5.32 Å². The summed E-state index contributed by atoms with van der Waals surface area (Å²) in [6, 6.07) is 25.7. The lowest BCUT2D eigenvalue weighted by atomic mass is 10.2. The molecule has 0 saturated heterocycles. The van der Waals surface area contributed by atoms with Gasteiger partial charge in [-0.1, -0.05) is 60.7 Å². The van der Waals surface area contributed by atoms with E-state index in [0.717, 1.165) is 20.7 Å². The highest BCUT2D eigenvalue weighted by Crippen LogP contribution is 2.32. The number of hydrogen-bond acceptors (Lipinski definition) is 3. The molecule has 1 N–H and O–H groups in total. The van der Waals surface area contributed by atoms with Crippen LogP contribution in [0.15, 0.2) is 88.2 Å². The number of ether oxygens (including phenoxy) is 1. The molecular formula is C21H18BrNO2S. The Hall–Kier alpha value is -2.24. The van der Waals surface area contributed by atoms with Gasteiger partial charge in [-0.2, -0.15) is 0 Å². The Bertz CT molecular complexity index is 856. The van der Waals surface area contributed by atoms with Gasteiger partial charge in [0.15, 0.2) is 0 Å². The smallest absolute Gasteiger partial charge is 0.411 e. The third-order valence-electron chi connectivity index (χ3n) is 3.63. The van der Waals surface area contributed by atoms with Crippen LogP contribution in [0.25, 0.3) is 0 Å². The number of benzene rings is 3. The first-order chi connectivity index (χ1) is 12.7. The second kappa shape index (κ2) is 9.46. The fourth-order valence-electron chi connectivity index (χ4n) is 2.31.